The van der Waals surface area contributed by atoms with Crippen LogP contribution < -0.4 is 10.9 Å². The number of rotatable bonds is 3. The molecule has 125 valence electrons. The maximum Gasteiger partial charge on any atom is 0.193 e. The van der Waals surface area contributed by atoms with E-state index in [2.05, 4.69) is 116 Å². The Bertz CT molecular complexity index is 1170. The molecular formula is C26H18B. The molecule has 0 saturated heterocycles. The van der Waals surface area contributed by atoms with Crippen LogP contribution in [0.5, 0.6) is 0 Å². The van der Waals surface area contributed by atoms with Crippen molar-refractivity contribution in [3.63, 3.8) is 0 Å². The van der Waals surface area contributed by atoms with Crippen molar-refractivity contribution < 1.29 is 0 Å². The Labute approximate surface area is 160 Å². The molecular weight excluding hydrogens is 323 g/mol. The van der Waals surface area contributed by atoms with Crippen molar-refractivity contribution in [2.45, 2.75) is 0 Å². The molecule has 0 aliphatic rings. The molecule has 0 aromatic heterocycles. The van der Waals surface area contributed by atoms with Crippen LogP contribution in [0, 0.1) is 0 Å². The third-order valence-electron chi connectivity index (χ3n) is 5.15. The summed E-state index contributed by atoms with van der Waals surface area (Å²) in [6.07, 6.45) is 0. The van der Waals surface area contributed by atoms with Crippen LogP contribution in [0.4, 0.5) is 0 Å². The second-order valence-electron chi connectivity index (χ2n) is 6.80. The van der Waals surface area contributed by atoms with Gasteiger partial charge in [-0.05, 0) is 32.7 Å². The number of fused-ring (bicyclic) bond motifs is 2. The highest BCUT2D eigenvalue weighted by Gasteiger charge is 2.15. The lowest BCUT2D eigenvalue weighted by molar-refractivity contribution is 1.68. The molecule has 0 N–H and O–H groups in total. The summed E-state index contributed by atoms with van der Waals surface area (Å²) < 4.78 is 0. The van der Waals surface area contributed by atoms with Crippen molar-refractivity contribution in [3.05, 3.63) is 109 Å². The molecule has 1 radical (unpaired) electrons. The van der Waals surface area contributed by atoms with E-state index in [9.17, 15) is 0 Å². The van der Waals surface area contributed by atoms with Gasteiger partial charge in [-0.25, -0.2) is 0 Å². The van der Waals surface area contributed by atoms with Crippen LogP contribution in [0.1, 0.15) is 0 Å². The largest absolute Gasteiger partial charge is 0.193 e. The van der Waals surface area contributed by atoms with Crippen molar-refractivity contribution >= 4 is 39.8 Å². The standard InChI is InChI=1S/C26H18B/c1-3-11-19(12-4-1)25-21-15-7-9-17-23(21)26(24-18-10-8-16-22(24)25)27-20-13-5-2-6-14-20/h1-18H. The molecule has 0 nitrogen and oxygen atoms in total. The van der Waals surface area contributed by atoms with Crippen LogP contribution in [0.25, 0.3) is 32.7 Å². The van der Waals surface area contributed by atoms with E-state index in [4.69, 9.17) is 0 Å². The SMILES string of the molecule is [B](c1ccccc1)c1c2ccccc2c(-c2ccccc2)c2ccccc12. The summed E-state index contributed by atoms with van der Waals surface area (Å²) in [6.45, 7) is 0. The van der Waals surface area contributed by atoms with Crippen LogP contribution in [0.15, 0.2) is 109 Å². The van der Waals surface area contributed by atoms with Crippen molar-refractivity contribution in [1.29, 1.82) is 0 Å². The fraction of sp³-hybridized carbons (Fsp3) is 0. The van der Waals surface area contributed by atoms with Gasteiger partial charge in [0.05, 0.1) is 0 Å². The van der Waals surface area contributed by atoms with Crippen LogP contribution in [-0.2, 0) is 0 Å². The van der Waals surface area contributed by atoms with Gasteiger partial charge in [0, 0.05) is 0 Å². The van der Waals surface area contributed by atoms with E-state index in [1.165, 1.54) is 43.6 Å². The predicted molar refractivity (Wildman–Crippen MR) is 118 cm³/mol. The monoisotopic (exact) mass is 341 g/mol. The third kappa shape index (κ3) is 2.82. The zero-order chi connectivity index (χ0) is 18.1. The number of hydrogen-bond donors (Lipinski definition) is 0. The Morgan fingerprint density at radius 2 is 0.852 bits per heavy atom. The van der Waals surface area contributed by atoms with Crippen LogP contribution in [0.2, 0.25) is 0 Å². The van der Waals surface area contributed by atoms with Gasteiger partial charge in [0.2, 0.25) is 0 Å². The van der Waals surface area contributed by atoms with Crippen LogP contribution in [0.3, 0.4) is 0 Å². The Balaban J connectivity index is 1.89. The Hall–Kier alpha value is -3.32. The Kier molecular flexibility index (Phi) is 3.99. The van der Waals surface area contributed by atoms with E-state index in [1.807, 2.05) is 0 Å². The van der Waals surface area contributed by atoms with Gasteiger partial charge in [-0.15, -0.1) is 0 Å². The maximum absolute atomic E-state index is 2.30. The lowest BCUT2D eigenvalue weighted by atomic mass is 9.60. The zero-order valence-corrected chi connectivity index (χ0v) is 15.0. The lowest BCUT2D eigenvalue weighted by Crippen LogP contribution is -2.28. The summed E-state index contributed by atoms with van der Waals surface area (Å²) >= 11 is 0. The summed E-state index contributed by atoms with van der Waals surface area (Å²) in [7, 11) is 2.30. The first kappa shape index (κ1) is 15.9. The molecule has 0 heterocycles. The Morgan fingerprint density at radius 1 is 0.407 bits per heavy atom. The second-order valence-corrected chi connectivity index (χ2v) is 6.80. The van der Waals surface area contributed by atoms with Crippen molar-refractivity contribution in [3.8, 4) is 11.1 Å². The van der Waals surface area contributed by atoms with Gasteiger partial charge in [-0.3, -0.25) is 0 Å². The molecule has 27 heavy (non-hydrogen) atoms. The van der Waals surface area contributed by atoms with Gasteiger partial charge in [0.15, 0.2) is 7.28 Å². The molecule has 0 spiro atoms. The Morgan fingerprint density at radius 3 is 1.41 bits per heavy atom. The molecule has 0 fully saturated rings. The van der Waals surface area contributed by atoms with Gasteiger partial charge in [-0.1, -0.05) is 120 Å². The topological polar surface area (TPSA) is 0 Å². The minimum absolute atomic E-state index is 1.22. The fourth-order valence-corrected chi connectivity index (χ4v) is 3.95. The van der Waals surface area contributed by atoms with E-state index in [-0.39, 0.29) is 0 Å². The van der Waals surface area contributed by atoms with E-state index >= 15 is 0 Å². The fourth-order valence-electron chi connectivity index (χ4n) is 3.95. The minimum atomic E-state index is 1.22. The highest BCUT2D eigenvalue weighted by Crippen LogP contribution is 2.35. The van der Waals surface area contributed by atoms with Crippen LogP contribution >= 0.6 is 0 Å². The van der Waals surface area contributed by atoms with Crippen LogP contribution in [-0.4, -0.2) is 7.28 Å². The number of hydrogen-bond acceptors (Lipinski definition) is 0. The molecule has 0 atom stereocenters. The summed E-state index contributed by atoms with van der Waals surface area (Å²) in [5.74, 6) is 0. The molecule has 0 unspecified atom stereocenters. The first-order chi connectivity index (χ1) is 13.4. The van der Waals surface area contributed by atoms with E-state index in [0.717, 1.165) is 0 Å². The first-order valence-corrected chi connectivity index (χ1v) is 9.30. The number of benzene rings is 5. The maximum atomic E-state index is 2.30. The molecule has 0 saturated carbocycles. The lowest BCUT2D eigenvalue weighted by Gasteiger charge is -2.17. The smallest absolute Gasteiger partial charge is 0.0814 e. The quantitative estimate of drug-likeness (QED) is 0.308. The highest BCUT2D eigenvalue weighted by molar-refractivity contribution is 6.72. The first-order valence-electron chi connectivity index (χ1n) is 9.30. The molecule has 0 aliphatic carbocycles. The summed E-state index contributed by atoms with van der Waals surface area (Å²) in [5.41, 5.74) is 5.08. The van der Waals surface area contributed by atoms with E-state index < -0.39 is 0 Å². The predicted octanol–water partition coefficient (Wildman–Crippen LogP) is 5.32. The molecule has 0 bridgehead atoms. The average Bonchev–Trinajstić information content (AvgIpc) is 2.75. The molecule has 0 amide bonds. The zero-order valence-electron chi connectivity index (χ0n) is 15.0. The van der Waals surface area contributed by atoms with E-state index in [0.29, 0.717) is 0 Å². The van der Waals surface area contributed by atoms with Gasteiger partial charge >= 0.3 is 0 Å². The van der Waals surface area contributed by atoms with Gasteiger partial charge in [0.1, 0.15) is 0 Å². The third-order valence-corrected chi connectivity index (χ3v) is 5.15. The van der Waals surface area contributed by atoms with Crippen molar-refractivity contribution in [2.24, 2.45) is 0 Å². The van der Waals surface area contributed by atoms with E-state index in [1.54, 1.807) is 0 Å². The molecule has 0 aliphatic heterocycles. The molecule has 1 heteroatoms. The molecule has 5 rings (SSSR count). The van der Waals surface area contributed by atoms with Gasteiger partial charge < -0.3 is 0 Å². The highest BCUT2D eigenvalue weighted by atomic mass is 14.1. The second kappa shape index (κ2) is 6.77. The minimum Gasteiger partial charge on any atom is -0.0814 e. The molecule has 5 aromatic rings. The van der Waals surface area contributed by atoms with Gasteiger partial charge in [0.25, 0.3) is 0 Å². The summed E-state index contributed by atoms with van der Waals surface area (Å²) in [5, 5.41) is 5.17. The van der Waals surface area contributed by atoms with Crippen molar-refractivity contribution in [2.75, 3.05) is 0 Å². The average molecular weight is 341 g/mol. The van der Waals surface area contributed by atoms with Gasteiger partial charge in [-0.2, -0.15) is 0 Å². The summed E-state index contributed by atoms with van der Waals surface area (Å²) in [6, 6.07) is 38.8. The van der Waals surface area contributed by atoms with Crippen molar-refractivity contribution in [1.82, 2.24) is 0 Å². The normalized spacial score (nSPS) is 11.0. The molecule has 5 aromatic carbocycles. The summed E-state index contributed by atoms with van der Waals surface area (Å²) in [4.78, 5) is 0.